The molecule has 1 fully saturated rings. The predicted octanol–water partition coefficient (Wildman–Crippen LogP) is -0.735. The van der Waals surface area contributed by atoms with Gasteiger partial charge in [-0.1, -0.05) is 10.3 Å². The van der Waals surface area contributed by atoms with Crippen molar-refractivity contribution in [3.63, 3.8) is 0 Å². The lowest BCUT2D eigenvalue weighted by Gasteiger charge is -2.07. The van der Waals surface area contributed by atoms with Crippen molar-refractivity contribution in [1.29, 1.82) is 0 Å². The molecule has 14 heavy (non-hydrogen) atoms. The SMILES string of the molecule is CN1C(=O)CC(n2[nH]nnc2=S)C1=O. The molecular formula is C6H7N5O2S. The number of aromatic nitrogens is 4. The molecule has 1 N–H and O–H groups in total. The number of nitrogens with one attached hydrogen (secondary N) is 1. The Bertz CT molecular complexity index is 449. The molecule has 0 aliphatic carbocycles. The van der Waals surface area contributed by atoms with E-state index in [9.17, 15) is 9.59 Å². The minimum atomic E-state index is -0.616. The molecule has 1 aliphatic heterocycles. The summed E-state index contributed by atoms with van der Waals surface area (Å²) in [5.41, 5.74) is 0. The smallest absolute Gasteiger partial charge is 0.254 e. The minimum Gasteiger partial charge on any atom is -0.284 e. The number of rotatable bonds is 1. The normalized spacial score (nSPS) is 22.1. The first-order chi connectivity index (χ1) is 6.61. The molecule has 2 heterocycles. The van der Waals surface area contributed by atoms with E-state index in [-0.39, 0.29) is 23.0 Å². The quantitative estimate of drug-likeness (QED) is 0.491. The number of aromatic amines is 1. The van der Waals surface area contributed by atoms with Crippen LogP contribution in [0.15, 0.2) is 0 Å². The summed E-state index contributed by atoms with van der Waals surface area (Å²) in [6, 6.07) is -0.616. The average Bonchev–Trinajstić information content (AvgIpc) is 2.66. The fourth-order valence-electron chi connectivity index (χ4n) is 1.35. The molecule has 8 heteroatoms. The number of tetrazole rings is 1. The zero-order valence-corrected chi connectivity index (χ0v) is 8.11. The Morgan fingerprint density at radius 3 is 2.71 bits per heavy atom. The fourth-order valence-corrected chi connectivity index (χ4v) is 1.55. The second kappa shape index (κ2) is 2.98. The Hall–Kier alpha value is -1.57. The van der Waals surface area contributed by atoms with E-state index in [1.807, 2.05) is 0 Å². The first-order valence-corrected chi connectivity index (χ1v) is 4.32. The van der Waals surface area contributed by atoms with Gasteiger partial charge in [-0.2, -0.15) is 5.21 Å². The Morgan fingerprint density at radius 2 is 2.29 bits per heavy atom. The molecule has 1 unspecified atom stereocenters. The molecule has 74 valence electrons. The van der Waals surface area contributed by atoms with Crippen LogP contribution in [0.1, 0.15) is 12.5 Å². The van der Waals surface area contributed by atoms with Gasteiger partial charge >= 0.3 is 0 Å². The summed E-state index contributed by atoms with van der Waals surface area (Å²) in [5, 5.41) is 9.46. The van der Waals surface area contributed by atoms with Crippen LogP contribution in [-0.4, -0.2) is 44.0 Å². The molecular weight excluding hydrogens is 206 g/mol. The van der Waals surface area contributed by atoms with Gasteiger partial charge in [-0.05, 0) is 12.2 Å². The molecule has 2 rings (SSSR count). The summed E-state index contributed by atoms with van der Waals surface area (Å²) in [5.74, 6) is -0.520. The molecule has 0 aromatic carbocycles. The van der Waals surface area contributed by atoms with Gasteiger partial charge in [0, 0.05) is 7.05 Å². The number of nitrogens with zero attached hydrogens (tertiary/aromatic N) is 4. The van der Waals surface area contributed by atoms with E-state index in [0.717, 1.165) is 4.90 Å². The second-order valence-electron chi connectivity index (χ2n) is 2.96. The number of amides is 2. The highest BCUT2D eigenvalue weighted by Gasteiger charge is 2.38. The summed E-state index contributed by atoms with van der Waals surface area (Å²) in [6.07, 6.45) is 0.105. The number of carbonyl (C=O) groups is 2. The molecule has 2 amide bonds. The van der Waals surface area contributed by atoms with E-state index in [1.54, 1.807) is 0 Å². The molecule has 7 nitrogen and oxygen atoms in total. The largest absolute Gasteiger partial charge is 0.284 e. The number of imide groups is 1. The van der Waals surface area contributed by atoms with Crippen molar-refractivity contribution in [2.24, 2.45) is 0 Å². The van der Waals surface area contributed by atoms with Crippen LogP contribution in [0, 0.1) is 4.77 Å². The Kier molecular flexibility index (Phi) is 1.92. The molecule has 1 aliphatic rings. The fraction of sp³-hybridized carbons (Fsp3) is 0.500. The highest BCUT2D eigenvalue weighted by Crippen LogP contribution is 2.21. The van der Waals surface area contributed by atoms with Crippen molar-refractivity contribution in [3.05, 3.63) is 4.77 Å². The van der Waals surface area contributed by atoms with Gasteiger partial charge in [0.1, 0.15) is 6.04 Å². The molecule has 1 atom stereocenters. The van der Waals surface area contributed by atoms with Crippen molar-refractivity contribution in [3.8, 4) is 0 Å². The summed E-state index contributed by atoms with van der Waals surface area (Å²) >= 11 is 4.83. The zero-order valence-electron chi connectivity index (χ0n) is 7.30. The van der Waals surface area contributed by atoms with Crippen LogP contribution < -0.4 is 0 Å². The van der Waals surface area contributed by atoms with E-state index in [0.29, 0.717) is 0 Å². The maximum absolute atomic E-state index is 11.5. The van der Waals surface area contributed by atoms with Gasteiger partial charge in [-0.25, -0.2) is 4.68 Å². The van der Waals surface area contributed by atoms with Gasteiger partial charge in [-0.3, -0.25) is 14.5 Å². The molecule has 1 aromatic heterocycles. The van der Waals surface area contributed by atoms with Crippen LogP contribution in [-0.2, 0) is 9.59 Å². The number of carbonyl (C=O) groups excluding carboxylic acids is 2. The monoisotopic (exact) mass is 213 g/mol. The summed E-state index contributed by atoms with van der Waals surface area (Å²) < 4.78 is 1.49. The van der Waals surface area contributed by atoms with Crippen molar-refractivity contribution in [1.82, 2.24) is 25.1 Å². The van der Waals surface area contributed by atoms with Gasteiger partial charge in [0.05, 0.1) is 6.42 Å². The Balaban J connectivity index is 2.39. The molecule has 0 spiro atoms. The third-order valence-electron chi connectivity index (χ3n) is 2.16. The third-order valence-corrected chi connectivity index (χ3v) is 2.44. The van der Waals surface area contributed by atoms with Gasteiger partial charge in [0.25, 0.3) is 5.91 Å². The van der Waals surface area contributed by atoms with Gasteiger partial charge in [-0.15, -0.1) is 0 Å². The van der Waals surface area contributed by atoms with Gasteiger partial charge < -0.3 is 0 Å². The van der Waals surface area contributed by atoms with E-state index < -0.39 is 6.04 Å². The molecule has 0 radical (unpaired) electrons. The van der Waals surface area contributed by atoms with Crippen molar-refractivity contribution < 1.29 is 9.59 Å². The van der Waals surface area contributed by atoms with Crippen LogP contribution in [0.4, 0.5) is 0 Å². The predicted molar refractivity (Wildman–Crippen MR) is 46.6 cm³/mol. The van der Waals surface area contributed by atoms with E-state index in [2.05, 4.69) is 15.5 Å². The van der Waals surface area contributed by atoms with Crippen LogP contribution >= 0.6 is 12.2 Å². The first-order valence-electron chi connectivity index (χ1n) is 3.91. The molecule has 0 saturated carbocycles. The summed E-state index contributed by atoms with van der Waals surface area (Å²) in [4.78, 5) is 23.8. The lowest BCUT2D eigenvalue weighted by Crippen LogP contribution is -2.27. The maximum atomic E-state index is 11.5. The van der Waals surface area contributed by atoms with Crippen LogP contribution in [0.5, 0.6) is 0 Å². The standard InChI is InChI=1S/C6H7N5O2S/c1-10-4(12)2-3(5(10)13)11-6(14)7-8-9-11/h3H,2H2,1H3,(H,7,9,14). The van der Waals surface area contributed by atoms with Crippen molar-refractivity contribution >= 4 is 24.0 Å². The van der Waals surface area contributed by atoms with Crippen molar-refractivity contribution in [2.45, 2.75) is 12.5 Å². The summed E-state index contributed by atoms with van der Waals surface area (Å²) in [7, 11) is 1.44. The van der Waals surface area contributed by atoms with Gasteiger partial charge in [0.2, 0.25) is 10.7 Å². The number of likely N-dealkylation sites (N-methyl/N-ethyl adjacent to an activating group) is 1. The van der Waals surface area contributed by atoms with Crippen molar-refractivity contribution in [2.75, 3.05) is 7.05 Å². The Morgan fingerprint density at radius 1 is 1.57 bits per heavy atom. The second-order valence-corrected chi connectivity index (χ2v) is 3.33. The van der Waals surface area contributed by atoms with E-state index in [4.69, 9.17) is 12.2 Å². The highest BCUT2D eigenvalue weighted by molar-refractivity contribution is 7.71. The lowest BCUT2D eigenvalue weighted by molar-refractivity contribution is -0.137. The first kappa shape index (κ1) is 9.00. The minimum absolute atomic E-state index is 0.105. The molecule has 0 bridgehead atoms. The topological polar surface area (TPSA) is 83.9 Å². The number of hydrogen-bond acceptors (Lipinski definition) is 5. The highest BCUT2D eigenvalue weighted by atomic mass is 32.1. The van der Waals surface area contributed by atoms with Crippen LogP contribution in [0.2, 0.25) is 0 Å². The van der Waals surface area contributed by atoms with Gasteiger partial charge in [0.15, 0.2) is 0 Å². The number of hydrogen-bond donors (Lipinski definition) is 1. The van der Waals surface area contributed by atoms with E-state index in [1.165, 1.54) is 11.7 Å². The number of likely N-dealkylation sites (tertiary alicyclic amines) is 1. The lowest BCUT2D eigenvalue weighted by atomic mass is 10.2. The van der Waals surface area contributed by atoms with Crippen LogP contribution in [0.3, 0.4) is 0 Å². The molecule has 1 saturated heterocycles. The number of H-pyrrole nitrogens is 1. The Labute approximate surface area is 83.7 Å². The summed E-state index contributed by atoms with van der Waals surface area (Å²) in [6.45, 7) is 0. The molecule has 1 aromatic rings. The average molecular weight is 213 g/mol. The maximum Gasteiger partial charge on any atom is 0.254 e. The third kappa shape index (κ3) is 1.15. The zero-order chi connectivity index (χ0) is 10.3. The van der Waals surface area contributed by atoms with Crippen LogP contribution in [0.25, 0.3) is 0 Å². The van der Waals surface area contributed by atoms with E-state index >= 15 is 0 Å².